The molecule has 0 aromatic carbocycles. The summed E-state index contributed by atoms with van der Waals surface area (Å²) in [5.74, 6) is -0.472. The van der Waals surface area contributed by atoms with Gasteiger partial charge in [0.05, 0.1) is 12.7 Å². The van der Waals surface area contributed by atoms with Crippen LogP contribution in [0.3, 0.4) is 0 Å². The number of carbonyl (C=O) groups excluding carboxylic acids is 2. The molecular weight excluding hydrogens is 447 g/mol. The van der Waals surface area contributed by atoms with E-state index in [9.17, 15) is 22.8 Å². The second-order valence-electron chi connectivity index (χ2n) is 6.98. The monoisotopic (exact) mass is 463 g/mol. The third kappa shape index (κ3) is 4.85. The molecule has 8 nitrogen and oxygen atoms in total. The van der Waals surface area contributed by atoms with E-state index in [0.717, 1.165) is 29.6 Å². The number of aromatic nitrogens is 3. The van der Waals surface area contributed by atoms with Crippen LogP contribution in [0, 0.1) is 0 Å². The Balaban J connectivity index is 1.76. The number of anilines is 1. The zero-order chi connectivity index (χ0) is 22.9. The normalized spacial score (nSPS) is 13.5. The SMILES string of the molecule is COC(=O)c1cncc(-c2cnc(NC(=O)NC3CC3)cc2-c2nc(C(F)(F)F)cs2)c1. The number of amides is 2. The zero-order valence-electron chi connectivity index (χ0n) is 16.6. The average Bonchev–Trinajstić information content (AvgIpc) is 3.42. The maximum absolute atomic E-state index is 13.1. The van der Waals surface area contributed by atoms with Crippen molar-refractivity contribution in [3.8, 4) is 21.7 Å². The largest absolute Gasteiger partial charge is 0.465 e. The molecule has 1 fully saturated rings. The Morgan fingerprint density at radius 2 is 1.94 bits per heavy atom. The van der Waals surface area contributed by atoms with Crippen LogP contribution in [0.4, 0.5) is 23.8 Å². The Hall–Kier alpha value is -3.54. The van der Waals surface area contributed by atoms with Crippen LogP contribution in [0.5, 0.6) is 0 Å². The van der Waals surface area contributed by atoms with Crippen molar-refractivity contribution >= 4 is 29.2 Å². The first-order chi connectivity index (χ1) is 15.2. The van der Waals surface area contributed by atoms with E-state index in [0.29, 0.717) is 16.7 Å². The molecule has 0 bridgehead atoms. The molecule has 3 heterocycles. The number of nitrogens with one attached hydrogen (secondary N) is 2. The van der Waals surface area contributed by atoms with Crippen molar-refractivity contribution < 1.29 is 27.5 Å². The molecule has 2 amide bonds. The summed E-state index contributed by atoms with van der Waals surface area (Å²) in [5.41, 5.74) is 0.249. The second kappa shape index (κ2) is 8.54. The molecule has 166 valence electrons. The zero-order valence-corrected chi connectivity index (χ0v) is 17.4. The fourth-order valence-corrected chi connectivity index (χ4v) is 3.70. The maximum Gasteiger partial charge on any atom is 0.434 e. The van der Waals surface area contributed by atoms with Crippen molar-refractivity contribution in [1.82, 2.24) is 20.3 Å². The molecule has 0 unspecified atom stereocenters. The first-order valence-corrected chi connectivity index (χ1v) is 10.3. The second-order valence-corrected chi connectivity index (χ2v) is 7.84. The molecular formula is C20H16F3N5O3S. The lowest BCUT2D eigenvalue weighted by atomic mass is 10.0. The first kappa shape index (κ1) is 21.7. The van der Waals surface area contributed by atoms with Gasteiger partial charge in [0.1, 0.15) is 10.8 Å². The van der Waals surface area contributed by atoms with Crippen molar-refractivity contribution in [1.29, 1.82) is 0 Å². The minimum atomic E-state index is -4.60. The van der Waals surface area contributed by atoms with Gasteiger partial charge in [-0.15, -0.1) is 11.3 Å². The molecule has 0 radical (unpaired) electrons. The summed E-state index contributed by atoms with van der Waals surface area (Å²) in [6.45, 7) is 0. The highest BCUT2D eigenvalue weighted by molar-refractivity contribution is 7.13. The summed E-state index contributed by atoms with van der Waals surface area (Å²) in [7, 11) is 1.23. The van der Waals surface area contributed by atoms with Crippen LogP contribution in [0.1, 0.15) is 28.9 Å². The predicted molar refractivity (Wildman–Crippen MR) is 110 cm³/mol. The fraction of sp³-hybridized carbons (Fsp3) is 0.250. The Bertz CT molecular complexity index is 1180. The summed E-state index contributed by atoms with van der Waals surface area (Å²) in [6.07, 6.45) is 1.33. The van der Waals surface area contributed by atoms with Crippen LogP contribution in [0.2, 0.25) is 0 Å². The van der Waals surface area contributed by atoms with Crippen LogP contribution >= 0.6 is 11.3 Å². The Morgan fingerprint density at radius 3 is 2.59 bits per heavy atom. The summed E-state index contributed by atoms with van der Waals surface area (Å²) in [5, 5.41) is 6.31. The molecule has 2 N–H and O–H groups in total. The van der Waals surface area contributed by atoms with Crippen molar-refractivity contribution in [3.05, 3.63) is 47.4 Å². The molecule has 0 saturated heterocycles. The molecule has 0 aliphatic heterocycles. The Labute approximate surface area is 183 Å². The van der Waals surface area contributed by atoms with Gasteiger partial charge in [-0.25, -0.2) is 19.6 Å². The smallest absolute Gasteiger partial charge is 0.434 e. The lowest BCUT2D eigenvalue weighted by Crippen LogP contribution is -2.30. The van der Waals surface area contributed by atoms with E-state index in [4.69, 9.17) is 4.74 Å². The van der Waals surface area contributed by atoms with E-state index in [1.807, 2.05) is 0 Å². The van der Waals surface area contributed by atoms with Gasteiger partial charge in [-0.3, -0.25) is 10.3 Å². The Kier molecular flexibility index (Phi) is 5.78. The number of urea groups is 1. The highest BCUT2D eigenvalue weighted by Gasteiger charge is 2.34. The number of nitrogens with zero attached hydrogens (tertiary/aromatic N) is 3. The minimum Gasteiger partial charge on any atom is -0.465 e. The number of halogens is 3. The van der Waals surface area contributed by atoms with Crippen LogP contribution in [-0.4, -0.2) is 40.1 Å². The third-order valence-corrected chi connectivity index (χ3v) is 5.43. The van der Waals surface area contributed by atoms with E-state index in [1.165, 1.54) is 37.8 Å². The van der Waals surface area contributed by atoms with Gasteiger partial charge in [0.15, 0.2) is 5.69 Å². The number of ether oxygens (including phenoxy) is 1. The maximum atomic E-state index is 13.1. The molecule has 4 rings (SSSR count). The van der Waals surface area contributed by atoms with E-state index in [2.05, 4.69) is 25.6 Å². The predicted octanol–water partition coefficient (Wildman–Crippen LogP) is 4.36. The van der Waals surface area contributed by atoms with Crippen LogP contribution in [0.25, 0.3) is 21.7 Å². The van der Waals surface area contributed by atoms with Gasteiger partial charge < -0.3 is 10.1 Å². The molecule has 32 heavy (non-hydrogen) atoms. The number of methoxy groups -OCH3 is 1. The molecule has 1 aliphatic carbocycles. The number of pyridine rings is 2. The number of thiazole rings is 1. The van der Waals surface area contributed by atoms with Gasteiger partial charge in [-0.05, 0) is 25.0 Å². The summed E-state index contributed by atoms with van der Waals surface area (Å²) in [4.78, 5) is 35.9. The van der Waals surface area contributed by atoms with Gasteiger partial charge in [0, 0.05) is 46.7 Å². The summed E-state index contributed by atoms with van der Waals surface area (Å²) in [6, 6.07) is 2.59. The number of alkyl halides is 3. The molecule has 3 aromatic rings. The van der Waals surface area contributed by atoms with E-state index in [-0.39, 0.29) is 22.4 Å². The van der Waals surface area contributed by atoms with Crippen molar-refractivity contribution in [2.45, 2.75) is 25.1 Å². The topological polar surface area (TPSA) is 106 Å². The van der Waals surface area contributed by atoms with Gasteiger partial charge in [-0.2, -0.15) is 13.2 Å². The minimum absolute atomic E-state index is 0.0730. The van der Waals surface area contributed by atoms with Crippen LogP contribution < -0.4 is 10.6 Å². The number of hydrogen-bond acceptors (Lipinski definition) is 7. The summed E-state index contributed by atoms with van der Waals surface area (Å²) < 4.78 is 44.0. The van der Waals surface area contributed by atoms with E-state index in [1.54, 1.807) is 0 Å². The quantitative estimate of drug-likeness (QED) is 0.545. The third-order valence-electron chi connectivity index (χ3n) is 4.55. The number of esters is 1. The Morgan fingerprint density at radius 1 is 1.16 bits per heavy atom. The van der Waals surface area contributed by atoms with Crippen LogP contribution in [-0.2, 0) is 10.9 Å². The highest BCUT2D eigenvalue weighted by Crippen LogP contribution is 2.38. The highest BCUT2D eigenvalue weighted by atomic mass is 32.1. The molecule has 0 atom stereocenters. The lowest BCUT2D eigenvalue weighted by Gasteiger charge is -2.12. The summed E-state index contributed by atoms with van der Waals surface area (Å²) >= 11 is 0.802. The van der Waals surface area contributed by atoms with Crippen molar-refractivity contribution in [3.63, 3.8) is 0 Å². The van der Waals surface area contributed by atoms with E-state index < -0.39 is 23.9 Å². The molecule has 3 aromatic heterocycles. The molecule has 12 heteroatoms. The van der Waals surface area contributed by atoms with Gasteiger partial charge >= 0.3 is 18.2 Å². The van der Waals surface area contributed by atoms with Crippen LogP contribution in [0.15, 0.2) is 36.1 Å². The van der Waals surface area contributed by atoms with E-state index >= 15 is 0 Å². The fourth-order valence-electron chi connectivity index (χ4n) is 2.84. The van der Waals surface area contributed by atoms with Gasteiger partial charge in [-0.1, -0.05) is 0 Å². The number of hydrogen-bond donors (Lipinski definition) is 2. The van der Waals surface area contributed by atoms with Crippen molar-refractivity contribution in [2.24, 2.45) is 0 Å². The van der Waals surface area contributed by atoms with Crippen molar-refractivity contribution in [2.75, 3.05) is 12.4 Å². The molecule has 0 spiro atoms. The average molecular weight is 463 g/mol. The first-order valence-electron chi connectivity index (χ1n) is 9.39. The number of rotatable bonds is 5. The van der Waals surface area contributed by atoms with Gasteiger partial charge in [0.2, 0.25) is 0 Å². The van der Waals surface area contributed by atoms with Gasteiger partial charge in [0.25, 0.3) is 0 Å². The molecule has 1 aliphatic rings. The lowest BCUT2D eigenvalue weighted by molar-refractivity contribution is -0.140. The standard InChI is InChI=1S/C20H16F3N5O3S/c1-31-18(29)11-4-10(6-24-7-11)14-8-25-16(28-19(30)26-12-2-3-12)5-13(14)17-27-15(9-32-17)20(21,22)23/h4-9,12H,2-3H2,1H3,(H2,25,26,28,30). The number of carbonyl (C=O) groups is 2. The molecule has 1 saturated carbocycles.